The van der Waals surface area contributed by atoms with Crippen LogP contribution in [0.5, 0.6) is 0 Å². The maximum Gasteiger partial charge on any atom is 0.190 e. The van der Waals surface area contributed by atoms with Crippen molar-refractivity contribution in [1.29, 1.82) is 0 Å². The van der Waals surface area contributed by atoms with Gasteiger partial charge in [0.15, 0.2) is 11.6 Å². The largest absolute Gasteiger partial charge is 0.289 e. The van der Waals surface area contributed by atoms with Crippen molar-refractivity contribution in [2.45, 2.75) is 38.5 Å². The molecule has 2 aromatic rings. The molecule has 0 saturated heterocycles. The van der Waals surface area contributed by atoms with Gasteiger partial charge in [-0.3, -0.25) is 9.59 Å². The summed E-state index contributed by atoms with van der Waals surface area (Å²) in [7, 11) is 0. The van der Waals surface area contributed by atoms with E-state index < -0.39 is 0 Å². The fourth-order valence-corrected chi connectivity index (χ4v) is 4.59. The third kappa shape index (κ3) is 2.93. The molecule has 0 atom stereocenters. The molecule has 2 aromatic carbocycles. The summed E-state index contributed by atoms with van der Waals surface area (Å²) in [5.41, 5.74) is 3.83. The van der Waals surface area contributed by atoms with Crippen molar-refractivity contribution in [1.82, 2.24) is 0 Å². The van der Waals surface area contributed by atoms with Gasteiger partial charge in [-0.1, -0.05) is 48.0 Å². The SMILES string of the molecule is CC1=C(C2CCC(c3ccc(Cl)cc3)CC2)C(=O)c2ccccc2C1=O. The van der Waals surface area contributed by atoms with E-state index in [1.807, 2.05) is 31.2 Å². The number of allylic oxidation sites excluding steroid dienone is 2. The first-order valence-electron chi connectivity index (χ1n) is 9.21. The number of rotatable bonds is 2. The van der Waals surface area contributed by atoms with Crippen LogP contribution in [0.4, 0.5) is 0 Å². The molecule has 0 unspecified atom stereocenters. The van der Waals surface area contributed by atoms with Gasteiger partial charge in [-0.25, -0.2) is 0 Å². The van der Waals surface area contributed by atoms with Crippen LogP contribution in [-0.4, -0.2) is 11.6 Å². The Morgan fingerprint density at radius 1 is 0.769 bits per heavy atom. The summed E-state index contributed by atoms with van der Waals surface area (Å²) < 4.78 is 0. The second-order valence-electron chi connectivity index (χ2n) is 7.34. The third-order valence-corrected chi connectivity index (χ3v) is 6.13. The normalized spacial score (nSPS) is 23.2. The summed E-state index contributed by atoms with van der Waals surface area (Å²) in [4.78, 5) is 25.7. The summed E-state index contributed by atoms with van der Waals surface area (Å²) in [6.45, 7) is 1.82. The van der Waals surface area contributed by atoms with Gasteiger partial charge in [0.05, 0.1) is 0 Å². The molecule has 0 radical (unpaired) electrons. The van der Waals surface area contributed by atoms with E-state index in [0.717, 1.165) is 36.3 Å². The molecule has 0 amide bonds. The lowest BCUT2D eigenvalue weighted by Gasteiger charge is -2.32. The van der Waals surface area contributed by atoms with E-state index in [-0.39, 0.29) is 17.5 Å². The first-order valence-corrected chi connectivity index (χ1v) is 9.58. The van der Waals surface area contributed by atoms with Crippen molar-refractivity contribution in [3.63, 3.8) is 0 Å². The number of fused-ring (bicyclic) bond motifs is 1. The van der Waals surface area contributed by atoms with Crippen LogP contribution in [0.1, 0.15) is 64.8 Å². The Kier molecular flexibility index (Phi) is 4.54. The molecule has 4 rings (SSSR count). The Bertz CT molecular complexity index is 900. The minimum atomic E-state index is 0.00928. The van der Waals surface area contributed by atoms with E-state index >= 15 is 0 Å². The summed E-state index contributed by atoms with van der Waals surface area (Å²) in [6, 6.07) is 15.3. The van der Waals surface area contributed by atoms with Gasteiger partial charge in [-0.2, -0.15) is 0 Å². The van der Waals surface area contributed by atoms with Crippen LogP contribution in [0, 0.1) is 5.92 Å². The molecule has 1 fully saturated rings. The highest BCUT2D eigenvalue weighted by molar-refractivity contribution is 6.30. The predicted octanol–water partition coefficient (Wildman–Crippen LogP) is 6.01. The summed E-state index contributed by atoms with van der Waals surface area (Å²) >= 11 is 5.99. The van der Waals surface area contributed by atoms with Crippen molar-refractivity contribution < 1.29 is 9.59 Å². The molecule has 2 aliphatic rings. The summed E-state index contributed by atoms with van der Waals surface area (Å²) in [5, 5.41) is 0.758. The highest BCUT2D eigenvalue weighted by Gasteiger charge is 2.35. The standard InChI is InChI=1S/C23H21ClO2/c1-14-21(23(26)20-5-3-2-4-19(20)22(14)25)17-8-6-15(7-9-17)16-10-12-18(24)13-11-16/h2-5,10-13,15,17H,6-9H2,1H3. The number of Topliss-reactive ketones (excluding diaryl/α,β-unsaturated/α-hetero) is 2. The van der Waals surface area contributed by atoms with Gasteiger partial charge >= 0.3 is 0 Å². The van der Waals surface area contributed by atoms with E-state index in [1.54, 1.807) is 12.1 Å². The number of ketones is 2. The lowest BCUT2D eigenvalue weighted by Crippen LogP contribution is -2.27. The van der Waals surface area contributed by atoms with Crippen molar-refractivity contribution in [3.8, 4) is 0 Å². The quantitative estimate of drug-likeness (QED) is 0.653. The lowest BCUT2D eigenvalue weighted by atomic mass is 9.71. The molecule has 0 bridgehead atoms. The zero-order valence-corrected chi connectivity index (χ0v) is 15.6. The van der Waals surface area contributed by atoms with E-state index in [4.69, 9.17) is 11.6 Å². The van der Waals surface area contributed by atoms with Gasteiger partial charge in [0.25, 0.3) is 0 Å². The molecule has 3 heteroatoms. The van der Waals surface area contributed by atoms with E-state index in [0.29, 0.717) is 22.6 Å². The molecular formula is C23H21ClO2. The average molecular weight is 365 g/mol. The van der Waals surface area contributed by atoms with Crippen LogP contribution >= 0.6 is 11.6 Å². The number of carbonyl (C=O) groups excluding carboxylic acids is 2. The first kappa shape index (κ1) is 17.2. The minimum Gasteiger partial charge on any atom is -0.289 e. The smallest absolute Gasteiger partial charge is 0.190 e. The van der Waals surface area contributed by atoms with Gasteiger partial charge in [0.1, 0.15) is 0 Å². The van der Waals surface area contributed by atoms with Gasteiger partial charge < -0.3 is 0 Å². The van der Waals surface area contributed by atoms with Crippen molar-refractivity contribution in [2.24, 2.45) is 5.92 Å². The zero-order chi connectivity index (χ0) is 18.3. The number of benzene rings is 2. The van der Waals surface area contributed by atoms with E-state index in [2.05, 4.69) is 12.1 Å². The van der Waals surface area contributed by atoms with Crippen LogP contribution in [0.15, 0.2) is 59.7 Å². The van der Waals surface area contributed by atoms with Crippen LogP contribution in [0.25, 0.3) is 0 Å². The van der Waals surface area contributed by atoms with Gasteiger partial charge in [0, 0.05) is 27.3 Å². The molecule has 1 saturated carbocycles. The van der Waals surface area contributed by atoms with Crippen molar-refractivity contribution >= 4 is 23.2 Å². The second kappa shape index (κ2) is 6.85. The molecule has 0 N–H and O–H groups in total. The maximum absolute atomic E-state index is 13.0. The second-order valence-corrected chi connectivity index (χ2v) is 7.78. The predicted molar refractivity (Wildman–Crippen MR) is 104 cm³/mol. The van der Waals surface area contributed by atoms with Gasteiger partial charge in [-0.15, -0.1) is 0 Å². The molecule has 2 nitrogen and oxygen atoms in total. The monoisotopic (exact) mass is 364 g/mol. The molecule has 0 aliphatic heterocycles. The van der Waals surface area contributed by atoms with Gasteiger partial charge in [-0.05, 0) is 62.1 Å². The Morgan fingerprint density at radius 2 is 1.31 bits per heavy atom. The molecule has 0 aromatic heterocycles. The molecule has 132 valence electrons. The zero-order valence-electron chi connectivity index (χ0n) is 14.8. The summed E-state index contributed by atoms with van der Waals surface area (Å²) in [6.07, 6.45) is 3.96. The molecule has 2 aliphatic carbocycles. The van der Waals surface area contributed by atoms with Crippen LogP contribution in [0.2, 0.25) is 5.02 Å². The topological polar surface area (TPSA) is 34.1 Å². The number of hydrogen-bond donors (Lipinski definition) is 0. The van der Waals surface area contributed by atoms with Crippen molar-refractivity contribution in [3.05, 3.63) is 81.4 Å². The minimum absolute atomic E-state index is 0.00928. The Labute approximate surface area is 158 Å². The van der Waals surface area contributed by atoms with Crippen LogP contribution < -0.4 is 0 Å². The van der Waals surface area contributed by atoms with Gasteiger partial charge in [0.2, 0.25) is 0 Å². The third-order valence-electron chi connectivity index (χ3n) is 5.88. The fourth-order valence-electron chi connectivity index (χ4n) is 4.46. The van der Waals surface area contributed by atoms with Crippen molar-refractivity contribution in [2.75, 3.05) is 0 Å². The highest BCUT2D eigenvalue weighted by Crippen LogP contribution is 2.42. The fraction of sp³-hybridized carbons (Fsp3) is 0.304. The lowest BCUT2D eigenvalue weighted by molar-refractivity contribution is 0.0960. The van der Waals surface area contributed by atoms with E-state index in [9.17, 15) is 9.59 Å². The highest BCUT2D eigenvalue weighted by atomic mass is 35.5. The van der Waals surface area contributed by atoms with E-state index in [1.165, 1.54) is 5.56 Å². The molecule has 0 heterocycles. The number of hydrogen-bond acceptors (Lipinski definition) is 2. The molecule has 0 spiro atoms. The Balaban J connectivity index is 1.56. The number of halogens is 1. The molecular weight excluding hydrogens is 344 g/mol. The maximum atomic E-state index is 13.0. The Morgan fingerprint density at radius 3 is 1.92 bits per heavy atom. The summed E-state index contributed by atoms with van der Waals surface area (Å²) in [5.74, 6) is 0.747. The van der Waals surface area contributed by atoms with Crippen LogP contribution in [0.3, 0.4) is 0 Å². The number of carbonyl (C=O) groups is 2. The van der Waals surface area contributed by atoms with Crippen LogP contribution in [-0.2, 0) is 0 Å². The molecule has 26 heavy (non-hydrogen) atoms. The first-order chi connectivity index (χ1) is 12.6. The Hall–Kier alpha value is -2.19. The average Bonchev–Trinajstić information content (AvgIpc) is 2.68.